The molecule has 0 aliphatic heterocycles. The van der Waals surface area contributed by atoms with Crippen molar-refractivity contribution >= 4 is 28.1 Å². The number of nitrogens with one attached hydrogen (secondary N) is 1. The summed E-state index contributed by atoms with van der Waals surface area (Å²) in [4.78, 5) is 28.1. The Labute approximate surface area is 131 Å². The molecular weight excluding hydrogens is 302 g/mol. The fourth-order valence-corrected chi connectivity index (χ4v) is 3.69. The molecule has 6 nitrogen and oxygen atoms in total. The van der Waals surface area contributed by atoms with Crippen LogP contribution in [-0.4, -0.2) is 15.8 Å². The number of hydrogen-bond donors (Lipinski definition) is 1. The number of nitrogens with zero attached hydrogens (tertiary/aromatic N) is 2. The van der Waals surface area contributed by atoms with Gasteiger partial charge in [-0.1, -0.05) is 13.0 Å². The third-order valence-electron chi connectivity index (χ3n) is 3.73. The zero-order valence-corrected chi connectivity index (χ0v) is 12.9. The molecule has 7 heteroatoms. The Morgan fingerprint density at radius 3 is 3.09 bits per heavy atom. The van der Waals surface area contributed by atoms with Gasteiger partial charge in [0.05, 0.1) is 10.6 Å². The summed E-state index contributed by atoms with van der Waals surface area (Å²) in [5.74, 6) is 0.274. The second-order valence-corrected chi connectivity index (χ2v) is 6.58. The Balaban J connectivity index is 1.77. The number of aryl methyl sites for hydroxylation is 1. The highest BCUT2D eigenvalue weighted by molar-refractivity contribution is 7.15. The molecule has 2 aromatic rings. The molecule has 0 spiro atoms. The van der Waals surface area contributed by atoms with Gasteiger partial charge in [-0.15, -0.1) is 11.3 Å². The van der Waals surface area contributed by atoms with Gasteiger partial charge in [-0.2, -0.15) is 0 Å². The fraction of sp³-hybridized carbons (Fsp3) is 0.333. The number of carbonyl (C=O) groups excluding carboxylic acids is 1. The van der Waals surface area contributed by atoms with Crippen molar-refractivity contribution in [3.63, 3.8) is 0 Å². The minimum atomic E-state index is -0.514. The van der Waals surface area contributed by atoms with Crippen LogP contribution in [0.1, 0.15) is 34.3 Å². The summed E-state index contributed by atoms with van der Waals surface area (Å²) in [5.41, 5.74) is 1.23. The first-order chi connectivity index (χ1) is 10.5. The van der Waals surface area contributed by atoms with E-state index in [1.165, 1.54) is 34.4 Å². The predicted octanol–water partition coefficient (Wildman–Crippen LogP) is 3.43. The standard InChI is InChI=1S/C15H15N3O3S/c1-9-5-6-12-13(7-9)22-15(16-12)17-14(19)10-3-2-4-11(8-10)18(20)21/h2-4,8-9H,5-7H2,1H3,(H,16,17,19)/t9-/m1/s1. The minimum absolute atomic E-state index is 0.0973. The summed E-state index contributed by atoms with van der Waals surface area (Å²) < 4.78 is 0. The summed E-state index contributed by atoms with van der Waals surface area (Å²) in [7, 11) is 0. The molecule has 1 N–H and O–H groups in total. The van der Waals surface area contributed by atoms with E-state index in [4.69, 9.17) is 0 Å². The summed E-state index contributed by atoms with van der Waals surface area (Å²) in [5, 5.41) is 14.1. The number of benzene rings is 1. The van der Waals surface area contributed by atoms with Crippen molar-refractivity contribution in [1.82, 2.24) is 4.98 Å². The average Bonchev–Trinajstić information content (AvgIpc) is 2.88. The van der Waals surface area contributed by atoms with E-state index in [1.54, 1.807) is 6.07 Å². The lowest BCUT2D eigenvalue weighted by Crippen LogP contribution is -2.12. The molecule has 1 aliphatic carbocycles. The Bertz CT molecular complexity index is 741. The molecule has 0 radical (unpaired) electrons. The largest absolute Gasteiger partial charge is 0.298 e. The maximum absolute atomic E-state index is 12.2. The number of carbonyl (C=O) groups is 1. The molecule has 22 heavy (non-hydrogen) atoms. The van der Waals surface area contributed by atoms with Crippen LogP contribution in [0.3, 0.4) is 0 Å². The van der Waals surface area contributed by atoms with Gasteiger partial charge in [0.1, 0.15) is 0 Å². The lowest BCUT2D eigenvalue weighted by Gasteiger charge is -2.15. The van der Waals surface area contributed by atoms with E-state index in [-0.39, 0.29) is 17.2 Å². The number of amides is 1. The van der Waals surface area contributed by atoms with Crippen molar-refractivity contribution < 1.29 is 9.72 Å². The van der Waals surface area contributed by atoms with E-state index < -0.39 is 4.92 Å². The van der Waals surface area contributed by atoms with Crippen LogP contribution in [0.4, 0.5) is 10.8 Å². The molecule has 1 aromatic heterocycles. The van der Waals surface area contributed by atoms with Crippen molar-refractivity contribution in [3.05, 3.63) is 50.5 Å². The average molecular weight is 317 g/mol. The van der Waals surface area contributed by atoms with Crippen LogP contribution in [0.5, 0.6) is 0 Å². The lowest BCUT2D eigenvalue weighted by atomic mass is 9.93. The first-order valence-corrected chi connectivity index (χ1v) is 7.89. The van der Waals surface area contributed by atoms with Crippen LogP contribution in [0, 0.1) is 16.0 Å². The van der Waals surface area contributed by atoms with Gasteiger partial charge in [-0.25, -0.2) is 4.98 Å². The first-order valence-electron chi connectivity index (χ1n) is 7.07. The quantitative estimate of drug-likeness (QED) is 0.694. The highest BCUT2D eigenvalue weighted by Gasteiger charge is 2.21. The number of fused-ring (bicyclic) bond motifs is 1. The molecule has 1 atom stereocenters. The van der Waals surface area contributed by atoms with Crippen molar-refractivity contribution in [1.29, 1.82) is 0 Å². The Kier molecular flexibility index (Phi) is 3.89. The van der Waals surface area contributed by atoms with E-state index in [1.807, 2.05) is 0 Å². The van der Waals surface area contributed by atoms with Crippen LogP contribution in [0.15, 0.2) is 24.3 Å². The van der Waals surface area contributed by atoms with Gasteiger partial charge >= 0.3 is 0 Å². The van der Waals surface area contributed by atoms with Crippen LogP contribution >= 0.6 is 11.3 Å². The van der Waals surface area contributed by atoms with Crippen LogP contribution < -0.4 is 5.32 Å². The summed E-state index contributed by atoms with van der Waals surface area (Å²) in [6, 6.07) is 5.69. The fourth-order valence-electron chi connectivity index (χ4n) is 2.52. The monoisotopic (exact) mass is 317 g/mol. The van der Waals surface area contributed by atoms with E-state index in [9.17, 15) is 14.9 Å². The molecule has 1 amide bonds. The number of hydrogen-bond acceptors (Lipinski definition) is 5. The van der Waals surface area contributed by atoms with Crippen molar-refractivity contribution in [2.24, 2.45) is 5.92 Å². The molecule has 0 unspecified atom stereocenters. The number of non-ortho nitro benzene ring substituents is 1. The number of aromatic nitrogens is 1. The molecule has 1 aliphatic rings. The van der Waals surface area contributed by atoms with Gasteiger partial charge in [0, 0.05) is 22.6 Å². The van der Waals surface area contributed by atoms with Gasteiger partial charge in [-0.05, 0) is 31.2 Å². The van der Waals surface area contributed by atoms with Gasteiger partial charge in [0.25, 0.3) is 11.6 Å². The lowest BCUT2D eigenvalue weighted by molar-refractivity contribution is -0.384. The normalized spacial score (nSPS) is 16.9. The number of anilines is 1. The predicted molar refractivity (Wildman–Crippen MR) is 84.4 cm³/mol. The topological polar surface area (TPSA) is 85.1 Å². The summed E-state index contributed by atoms with van der Waals surface area (Å²) in [6.45, 7) is 2.21. The number of nitro benzene ring substituents is 1. The zero-order valence-electron chi connectivity index (χ0n) is 12.0. The molecule has 0 fully saturated rings. The molecule has 1 heterocycles. The molecule has 1 aromatic carbocycles. The third-order valence-corrected chi connectivity index (χ3v) is 4.76. The van der Waals surface area contributed by atoms with Crippen molar-refractivity contribution in [2.75, 3.05) is 5.32 Å². The second kappa shape index (κ2) is 5.84. The van der Waals surface area contributed by atoms with E-state index in [2.05, 4.69) is 17.2 Å². The molecule has 3 rings (SSSR count). The number of rotatable bonds is 3. The maximum atomic E-state index is 12.2. The van der Waals surface area contributed by atoms with Gasteiger partial charge in [0.15, 0.2) is 5.13 Å². The highest BCUT2D eigenvalue weighted by atomic mass is 32.1. The second-order valence-electron chi connectivity index (χ2n) is 5.50. The van der Waals surface area contributed by atoms with E-state index in [0.29, 0.717) is 11.0 Å². The summed E-state index contributed by atoms with van der Waals surface area (Å²) >= 11 is 1.50. The van der Waals surface area contributed by atoms with E-state index in [0.717, 1.165) is 25.0 Å². The van der Waals surface area contributed by atoms with Gasteiger partial charge < -0.3 is 0 Å². The van der Waals surface area contributed by atoms with Gasteiger partial charge in [0.2, 0.25) is 0 Å². The van der Waals surface area contributed by atoms with Crippen LogP contribution in [0.2, 0.25) is 0 Å². The minimum Gasteiger partial charge on any atom is -0.298 e. The highest BCUT2D eigenvalue weighted by Crippen LogP contribution is 2.32. The molecule has 0 bridgehead atoms. The Morgan fingerprint density at radius 1 is 1.50 bits per heavy atom. The Hall–Kier alpha value is -2.28. The summed E-state index contributed by atoms with van der Waals surface area (Å²) in [6.07, 6.45) is 3.06. The van der Waals surface area contributed by atoms with Crippen LogP contribution in [-0.2, 0) is 12.8 Å². The molecular formula is C15H15N3O3S. The zero-order chi connectivity index (χ0) is 15.7. The molecule has 0 saturated carbocycles. The number of nitro groups is 1. The molecule has 0 saturated heterocycles. The van der Waals surface area contributed by atoms with Crippen molar-refractivity contribution in [2.45, 2.75) is 26.2 Å². The van der Waals surface area contributed by atoms with Crippen LogP contribution in [0.25, 0.3) is 0 Å². The maximum Gasteiger partial charge on any atom is 0.270 e. The number of thiazole rings is 1. The first kappa shape index (κ1) is 14.6. The van der Waals surface area contributed by atoms with Crippen molar-refractivity contribution in [3.8, 4) is 0 Å². The Morgan fingerprint density at radius 2 is 2.32 bits per heavy atom. The molecule has 114 valence electrons. The van der Waals surface area contributed by atoms with Gasteiger partial charge in [-0.3, -0.25) is 20.2 Å². The SMILES string of the molecule is C[C@@H]1CCc2nc(NC(=O)c3cccc([N+](=O)[O-])c3)sc2C1. The van der Waals surface area contributed by atoms with E-state index >= 15 is 0 Å². The smallest absolute Gasteiger partial charge is 0.270 e. The third kappa shape index (κ3) is 2.99.